The summed E-state index contributed by atoms with van der Waals surface area (Å²) < 4.78 is 5.25. The third-order valence-electron chi connectivity index (χ3n) is 5.16. The largest absolute Gasteiger partial charge is 0.497 e. The summed E-state index contributed by atoms with van der Waals surface area (Å²) >= 11 is 1.77. The van der Waals surface area contributed by atoms with E-state index in [4.69, 9.17) is 4.74 Å². The minimum atomic E-state index is 0.0867. The molecule has 3 rings (SSSR count). The van der Waals surface area contributed by atoms with Crippen molar-refractivity contribution in [2.45, 2.75) is 32.4 Å². The van der Waals surface area contributed by atoms with E-state index in [2.05, 4.69) is 51.7 Å². The first-order chi connectivity index (χ1) is 13.1. The van der Waals surface area contributed by atoms with Gasteiger partial charge < -0.3 is 15.0 Å². The summed E-state index contributed by atoms with van der Waals surface area (Å²) in [4.78, 5) is 18.2. The lowest BCUT2D eigenvalue weighted by molar-refractivity contribution is -0.121. The highest BCUT2D eigenvalue weighted by molar-refractivity contribution is 7.10. The number of methoxy groups -OCH3 is 1. The molecule has 0 aliphatic carbocycles. The van der Waals surface area contributed by atoms with E-state index in [1.165, 1.54) is 10.6 Å². The number of amides is 1. The Morgan fingerprint density at radius 2 is 1.89 bits per heavy atom. The van der Waals surface area contributed by atoms with E-state index >= 15 is 0 Å². The van der Waals surface area contributed by atoms with Gasteiger partial charge >= 0.3 is 0 Å². The summed E-state index contributed by atoms with van der Waals surface area (Å²) in [7, 11) is 1.69. The zero-order valence-corrected chi connectivity index (χ0v) is 17.2. The molecule has 0 radical (unpaired) electrons. The first kappa shape index (κ1) is 19.7. The highest BCUT2D eigenvalue weighted by atomic mass is 32.1. The SMILES string of the molecule is CCC(=O)NC(C)C(c1cccs1)N1CCN(c2ccc(OC)cc2)CC1. The van der Waals surface area contributed by atoms with Gasteiger partial charge in [-0.1, -0.05) is 13.0 Å². The number of anilines is 1. The van der Waals surface area contributed by atoms with Crippen molar-refractivity contribution in [1.82, 2.24) is 10.2 Å². The number of nitrogens with zero attached hydrogens (tertiary/aromatic N) is 2. The Morgan fingerprint density at radius 1 is 1.19 bits per heavy atom. The van der Waals surface area contributed by atoms with Crippen LogP contribution in [0.5, 0.6) is 5.75 Å². The van der Waals surface area contributed by atoms with Crippen molar-refractivity contribution >= 4 is 22.9 Å². The van der Waals surface area contributed by atoms with Crippen LogP contribution >= 0.6 is 11.3 Å². The number of piperazine rings is 1. The highest BCUT2D eigenvalue weighted by Gasteiger charge is 2.30. The highest BCUT2D eigenvalue weighted by Crippen LogP contribution is 2.30. The van der Waals surface area contributed by atoms with Crippen LogP contribution in [0.2, 0.25) is 0 Å². The molecule has 2 atom stereocenters. The smallest absolute Gasteiger partial charge is 0.219 e. The maximum absolute atomic E-state index is 11.9. The van der Waals surface area contributed by atoms with Crippen LogP contribution in [0, 0.1) is 0 Å². The molecule has 1 N–H and O–H groups in total. The number of hydrogen-bond acceptors (Lipinski definition) is 5. The molecule has 1 aliphatic heterocycles. The van der Waals surface area contributed by atoms with Crippen LogP contribution in [-0.2, 0) is 4.79 Å². The van der Waals surface area contributed by atoms with Crippen molar-refractivity contribution in [1.29, 1.82) is 0 Å². The van der Waals surface area contributed by atoms with E-state index < -0.39 is 0 Å². The third kappa shape index (κ3) is 4.82. The fourth-order valence-electron chi connectivity index (χ4n) is 3.69. The molecule has 2 aromatic rings. The number of benzene rings is 1. The van der Waals surface area contributed by atoms with Gasteiger partial charge in [-0.05, 0) is 42.6 Å². The topological polar surface area (TPSA) is 44.8 Å². The summed E-state index contributed by atoms with van der Waals surface area (Å²) in [5.74, 6) is 0.997. The fraction of sp³-hybridized carbons (Fsp3) is 0.476. The molecule has 146 valence electrons. The van der Waals surface area contributed by atoms with Gasteiger partial charge in [0.15, 0.2) is 0 Å². The summed E-state index contributed by atoms with van der Waals surface area (Å²) in [6, 6.07) is 12.8. The number of nitrogens with one attached hydrogen (secondary N) is 1. The molecule has 1 aromatic heterocycles. The molecule has 27 heavy (non-hydrogen) atoms. The lowest BCUT2D eigenvalue weighted by Crippen LogP contribution is -2.52. The van der Waals surface area contributed by atoms with Crippen LogP contribution in [0.15, 0.2) is 41.8 Å². The molecule has 1 saturated heterocycles. The van der Waals surface area contributed by atoms with Crippen LogP contribution in [0.25, 0.3) is 0 Å². The second-order valence-electron chi connectivity index (χ2n) is 6.89. The van der Waals surface area contributed by atoms with Crippen molar-refractivity contribution < 1.29 is 9.53 Å². The predicted molar refractivity (Wildman–Crippen MR) is 112 cm³/mol. The molecule has 2 unspecified atom stereocenters. The van der Waals surface area contributed by atoms with E-state index in [0.29, 0.717) is 6.42 Å². The van der Waals surface area contributed by atoms with Crippen molar-refractivity contribution in [2.24, 2.45) is 0 Å². The zero-order chi connectivity index (χ0) is 19.2. The van der Waals surface area contributed by atoms with E-state index in [1.54, 1.807) is 18.4 Å². The second kappa shape index (κ2) is 9.24. The van der Waals surface area contributed by atoms with Crippen LogP contribution in [-0.4, -0.2) is 50.1 Å². The molecule has 1 fully saturated rings. The molecule has 1 aliphatic rings. The van der Waals surface area contributed by atoms with Gasteiger partial charge in [0.05, 0.1) is 13.2 Å². The van der Waals surface area contributed by atoms with Crippen molar-refractivity contribution in [3.63, 3.8) is 0 Å². The predicted octanol–water partition coefficient (Wildman–Crippen LogP) is 3.53. The molecule has 1 aromatic carbocycles. The van der Waals surface area contributed by atoms with Gasteiger partial charge in [-0.15, -0.1) is 11.3 Å². The first-order valence-electron chi connectivity index (χ1n) is 9.58. The van der Waals surface area contributed by atoms with E-state index in [9.17, 15) is 4.79 Å². The maximum Gasteiger partial charge on any atom is 0.219 e. The maximum atomic E-state index is 11.9. The van der Waals surface area contributed by atoms with Crippen LogP contribution < -0.4 is 15.0 Å². The quantitative estimate of drug-likeness (QED) is 0.789. The number of hydrogen-bond donors (Lipinski definition) is 1. The molecule has 0 spiro atoms. The number of carbonyl (C=O) groups is 1. The summed E-state index contributed by atoms with van der Waals surface area (Å²) in [5, 5.41) is 5.28. The number of rotatable bonds is 7. The Kier molecular flexibility index (Phi) is 6.74. The standard InChI is InChI=1S/C21H29N3O2S/c1-4-20(25)22-16(2)21(19-6-5-15-27-19)24-13-11-23(12-14-24)17-7-9-18(26-3)10-8-17/h5-10,15-16,21H,4,11-14H2,1-3H3,(H,22,25). The summed E-state index contributed by atoms with van der Waals surface area (Å²) in [5.41, 5.74) is 1.23. The minimum absolute atomic E-state index is 0.0867. The first-order valence-corrected chi connectivity index (χ1v) is 10.5. The average molecular weight is 388 g/mol. The van der Waals surface area contributed by atoms with Gasteiger partial charge in [0.1, 0.15) is 5.75 Å². The molecule has 1 amide bonds. The molecule has 2 heterocycles. The van der Waals surface area contributed by atoms with Gasteiger partial charge in [-0.2, -0.15) is 0 Å². The van der Waals surface area contributed by atoms with Gasteiger partial charge in [0, 0.05) is 49.2 Å². The molecular weight excluding hydrogens is 358 g/mol. The van der Waals surface area contributed by atoms with Gasteiger partial charge in [-0.3, -0.25) is 9.69 Å². The van der Waals surface area contributed by atoms with Crippen molar-refractivity contribution in [2.75, 3.05) is 38.2 Å². The van der Waals surface area contributed by atoms with E-state index in [1.807, 2.05) is 19.1 Å². The van der Waals surface area contributed by atoms with Crippen molar-refractivity contribution in [3.05, 3.63) is 46.7 Å². The average Bonchev–Trinajstić information content (AvgIpc) is 3.23. The third-order valence-corrected chi connectivity index (χ3v) is 6.11. The zero-order valence-electron chi connectivity index (χ0n) is 16.4. The lowest BCUT2D eigenvalue weighted by Gasteiger charge is -2.42. The van der Waals surface area contributed by atoms with E-state index in [0.717, 1.165) is 31.9 Å². The van der Waals surface area contributed by atoms with Gasteiger partial charge in [0.2, 0.25) is 5.91 Å². The van der Waals surface area contributed by atoms with Gasteiger partial charge in [0.25, 0.3) is 0 Å². The molecule has 6 heteroatoms. The minimum Gasteiger partial charge on any atom is -0.497 e. The molecule has 5 nitrogen and oxygen atoms in total. The van der Waals surface area contributed by atoms with Gasteiger partial charge in [-0.25, -0.2) is 0 Å². The molecule has 0 saturated carbocycles. The summed E-state index contributed by atoms with van der Waals surface area (Å²) in [6.45, 7) is 7.91. The van der Waals surface area contributed by atoms with Crippen LogP contribution in [0.1, 0.15) is 31.2 Å². The van der Waals surface area contributed by atoms with Crippen LogP contribution in [0.4, 0.5) is 5.69 Å². The number of carbonyl (C=O) groups excluding carboxylic acids is 1. The Morgan fingerprint density at radius 3 is 2.44 bits per heavy atom. The fourth-order valence-corrected chi connectivity index (χ4v) is 4.65. The number of ether oxygens (including phenoxy) is 1. The number of thiophene rings is 1. The van der Waals surface area contributed by atoms with Crippen LogP contribution in [0.3, 0.4) is 0 Å². The van der Waals surface area contributed by atoms with E-state index in [-0.39, 0.29) is 18.0 Å². The normalized spacial score (nSPS) is 17.4. The summed E-state index contributed by atoms with van der Waals surface area (Å²) in [6.07, 6.45) is 0.521. The Bertz CT molecular complexity index is 710. The molecular formula is C21H29N3O2S. The lowest BCUT2D eigenvalue weighted by atomic mass is 10.0. The molecule has 0 bridgehead atoms. The Labute approximate surface area is 165 Å². The monoisotopic (exact) mass is 387 g/mol. The second-order valence-corrected chi connectivity index (χ2v) is 7.87. The van der Waals surface area contributed by atoms with Crippen molar-refractivity contribution in [3.8, 4) is 5.75 Å². The Hall–Kier alpha value is -2.05. The Balaban J connectivity index is 1.67.